The predicted molar refractivity (Wildman–Crippen MR) is 81.7 cm³/mol. The maximum atomic E-state index is 11.9. The molecule has 8 heteroatoms. The van der Waals surface area contributed by atoms with E-state index in [1.807, 2.05) is 0 Å². The van der Waals surface area contributed by atoms with Gasteiger partial charge in [0.25, 0.3) is 5.69 Å². The minimum atomic E-state index is -0.451. The second-order valence-electron chi connectivity index (χ2n) is 4.06. The van der Waals surface area contributed by atoms with Crippen molar-refractivity contribution in [1.29, 1.82) is 0 Å². The molecule has 1 aromatic heterocycles. The van der Waals surface area contributed by atoms with E-state index in [9.17, 15) is 14.9 Å². The van der Waals surface area contributed by atoms with Gasteiger partial charge in [0.2, 0.25) is 0 Å². The molecular formula is C13H11BrN2O4S. The number of hydrogen-bond acceptors (Lipinski definition) is 6. The van der Waals surface area contributed by atoms with E-state index in [1.54, 1.807) is 19.1 Å². The van der Waals surface area contributed by atoms with E-state index in [0.29, 0.717) is 27.5 Å². The second kappa shape index (κ2) is 6.77. The Morgan fingerprint density at radius 3 is 2.67 bits per heavy atom. The number of ether oxygens (including phenoxy) is 1. The number of thiazole rings is 1. The van der Waals surface area contributed by atoms with Gasteiger partial charge < -0.3 is 4.74 Å². The number of nitro benzene ring substituents is 1. The molecular weight excluding hydrogens is 360 g/mol. The van der Waals surface area contributed by atoms with Gasteiger partial charge in [-0.2, -0.15) is 0 Å². The summed E-state index contributed by atoms with van der Waals surface area (Å²) in [7, 11) is 0. The first-order valence-electron chi connectivity index (χ1n) is 6.07. The summed E-state index contributed by atoms with van der Waals surface area (Å²) < 4.78 is 5.59. The number of carbonyl (C=O) groups excluding carboxylic acids is 1. The van der Waals surface area contributed by atoms with Crippen molar-refractivity contribution in [2.75, 3.05) is 6.61 Å². The van der Waals surface area contributed by atoms with Crippen molar-refractivity contribution in [2.45, 2.75) is 13.3 Å². The summed E-state index contributed by atoms with van der Waals surface area (Å²) in [4.78, 5) is 26.7. The van der Waals surface area contributed by atoms with Crippen molar-refractivity contribution in [3.63, 3.8) is 0 Å². The number of hydrogen-bond donors (Lipinski definition) is 0. The molecule has 0 spiro atoms. The fraction of sp³-hybridized carbons (Fsp3) is 0.231. The number of aromatic nitrogens is 1. The van der Waals surface area contributed by atoms with E-state index in [4.69, 9.17) is 4.74 Å². The van der Waals surface area contributed by atoms with Crippen molar-refractivity contribution in [3.05, 3.63) is 54.4 Å². The van der Waals surface area contributed by atoms with E-state index >= 15 is 0 Å². The first-order valence-corrected chi connectivity index (χ1v) is 7.68. The number of nitro groups is 1. The zero-order valence-corrected chi connectivity index (χ0v) is 13.4. The lowest BCUT2D eigenvalue weighted by atomic mass is 10.1. The molecule has 0 bridgehead atoms. The zero-order valence-electron chi connectivity index (χ0n) is 11.0. The molecule has 0 aliphatic carbocycles. The molecule has 2 rings (SSSR count). The van der Waals surface area contributed by atoms with E-state index in [-0.39, 0.29) is 5.69 Å². The zero-order chi connectivity index (χ0) is 15.4. The number of rotatable bonds is 5. The molecule has 1 heterocycles. The largest absolute Gasteiger partial charge is 0.462 e. The summed E-state index contributed by atoms with van der Waals surface area (Å²) in [6, 6.07) is 6.17. The monoisotopic (exact) mass is 370 g/mol. The first-order chi connectivity index (χ1) is 10.0. The molecule has 0 radical (unpaired) electrons. The third-order valence-electron chi connectivity index (χ3n) is 2.65. The van der Waals surface area contributed by atoms with Crippen molar-refractivity contribution in [1.82, 2.24) is 4.98 Å². The minimum absolute atomic E-state index is 0.0313. The Kier molecular flexibility index (Phi) is 5.03. The van der Waals surface area contributed by atoms with Crippen LogP contribution in [0.1, 0.15) is 27.9 Å². The van der Waals surface area contributed by atoms with Gasteiger partial charge in [-0.15, -0.1) is 0 Å². The van der Waals surface area contributed by atoms with Crippen LogP contribution in [-0.2, 0) is 11.2 Å². The van der Waals surface area contributed by atoms with Crippen molar-refractivity contribution >= 4 is 38.9 Å². The lowest BCUT2D eigenvalue weighted by Crippen LogP contribution is -2.06. The van der Waals surface area contributed by atoms with Crippen LogP contribution in [0.25, 0.3) is 0 Å². The van der Waals surface area contributed by atoms with Gasteiger partial charge in [0.1, 0.15) is 4.88 Å². The maximum absolute atomic E-state index is 11.9. The van der Waals surface area contributed by atoms with Crippen molar-refractivity contribution in [2.24, 2.45) is 0 Å². The Labute approximate surface area is 133 Å². The lowest BCUT2D eigenvalue weighted by molar-refractivity contribution is -0.384. The number of esters is 1. The third-order valence-corrected chi connectivity index (χ3v) is 4.18. The van der Waals surface area contributed by atoms with Crippen LogP contribution in [0.15, 0.2) is 28.2 Å². The molecule has 2 aromatic rings. The van der Waals surface area contributed by atoms with E-state index in [0.717, 1.165) is 5.56 Å². The highest BCUT2D eigenvalue weighted by Gasteiger charge is 2.19. The molecule has 0 amide bonds. The summed E-state index contributed by atoms with van der Waals surface area (Å²) in [6.07, 6.45) is 0.411. The van der Waals surface area contributed by atoms with Gasteiger partial charge in [-0.1, -0.05) is 23.5 Å². The topological polar surface area (TPSA) is 82.3 Å². The Balaban J connectivity index is 2.23. The molecule has 0 unspecified atom stereocenters. The molecule has 0 aliphatic heterocycles. The Morgan fingerprint density at radius 2 is 2.10 bits per heavy atom. The number of carbonyl (C=O) groups is 1. The smallest absolute Gasteiger partial charge is 0.350 e. The standard InChI is InChI=1S/C13H11BrN2O4S/c1-2-20-12(17)11-10(15-13(14)21-11)7-8-3-5-9(6-4-8)16(18)19/h3-6H,2,7H2,1H3. The minimum Gasteiger partial charge on any atom is -0.462 e. The second-order valence-corrected chi connectivity index (χ2v) is 6.34. The van der Waals surface area contributed by atoms with Crippen LogP contribution in [-0.4, -0.2) is 22.5 Å². The van der Waals surface area contributed by atoms with E-state index in [1.165, 1.54) is 23.5 Å². The van der Waals surface area contributed by atoms with Crippen molar-refractivity contribution < 1.29 is 14.5 Å². The highest BCUT2D eigenvalue weighted by atomic mass is 79.9. The van der Waals surface area contributed by atoms with Crippen LogP contribution in [0, 0.1) is 10.1 Å². The summed E-state index contributed by atoms with van der Waals surface area (Å²) in [5.74, 6) is -0.405. The molecule has 0 saturated heterocycles. The average Bonchev–Trinajstić information content (AvgIpc) is 2.80. The van der Waals surface area contributed by atoms with E-state index in [2.05, 4.69) is 20.9 Å². The summed E-state index contributed by atoms with van der Waals surface area (Å²) >= 11 is 4.47. The van der Waals surface area contributed by atoms with Crippen LogP contribution < -0.4 is 0 Å². The van der Waals surface area contributed by atoms with Gasteiger partial charge in [0, 0.05) is 18.6 Å². The van der Waals surface area contributed by atoms with Gasteiger partial charge in [-0.3, -0.25) is 10.1 Å². The van der Waals surface area contributed by atoms with Gasteiger partial charge in [-0.25, -0.2) is 9.78 Å². The summed E-state index contributed by atoms with van der Waals surface area (Å²) in [5, 5.41) is 10.6. The van der Waals surface area contributed by atoms with Gasteiger partial charge in [-0.05, 0) is 28.4 Å². The Bertz CT molecular complexity index is 669. The third kappa shape index (κ3) is 3.85. The SMILES string of the molecule is CCOC(=O)c1sc(Br)nc1Cc1ccc([N+](=O)[O-])cc1. The van der Waals surface area contributed by atoms with Gasteiger partial charge in [0.15, 0.2) is 3.92 Å². The van der Waals surface area contributed by atoms with Crippen LogP contribution >= 0.6 is 27.3 Å². The average molecular weight is 371 g/mol. The highest BCUT2D eigenvalue weighted by molar-refractivity contribution is 9.11. The number of nitrogens with zero attached hydrogens (tertiary/aromatic N) is 2. The molecule has 6 nitrogen and oxygen atoms in total. The molecule has 0 aliphatic rings. The molecule has 0 N–H and O–H groups in total. The summed E-state index contributed by atoms with van der Waals surface area (Å²) in [6.45, 7) is 2.04. The summed E-state index contributed by atoms with van der Waals surface area (Å²) in [5.41, 5.74) is 1.46. The van der Waals surface area contributed by atoms with E-state index < -0.39 is 10.9 Å². The van der Waals surface area contributed by atoms with Gasteiger partial charge >= 0.3 is 5.97 Å². The quantitative estimate of drug-likeness (QED) is 0.456. The fourth-order valence-electron chi connectivity index (χ4n) is 1.73. The maximum Gasteiger partial charge on any atom is 0.350 e. The molecule has 21 heavy (non-hydrogen) atoms. The highest BCUT2D eigenvalue weighted by Crippen LogP contribution is 2.26. The molecule has 1 aromatic carbocycles. The predicted octanol–water partition coefficient (Wildman–Crippen LogP) is 3.58. The van der Waals surface area contributed by atoms with Crippen LogP contribution in [0.2, 0.25) is 0 Å². The number of non-ortho nitro benzene ring substituents is 1. The fourth-order valence-corrected chi connectivity index (χ4v) is 3.13. The van der Waals surface area contributed by atoms with Gasteiger partial charge in [0.05, 0.1) is 17.2 Å². The normalized spacial score (nSPS) is 10.4. The van der Waals surface area contributed by atoms with Crippen molar-refractivity contribution in [3.8, 4) is 0 Å². The Hall–Kier alpha value is -1.80. The number of halogens is 1. The number of benzene rings is 1. The van der Waals surface area contributed by atoms with Crippen LogP contribution in [0.4, 0.5) is 5.69 Å². The molecule has 0 saturated carbocycles. The lowest BCUT2D eigenvalue weighted by Gasteiger charge is -2.02. The molecule has 110 valence electrons. The van der Waals surface area contributed by atoms with Crippen LogP contribution in [0.3, 0.4) is 0 Å². The molecule has 0 fully saturated rings. The first kappa shape index (κ1) is 15.6. The molecule has 0 atom stereocenters. The Morgan fingerprint density at radius 1 is 1.43 bits per heavy atom. The van der Waals surface area contributed by atoms with Crippen LogP contribution in [0.5, 0.6) is 0 Å².